The number of aryl methyl sites for hydroxylation is 3. The zero-order valence-electron chi connectivity index (χ0n) is 51.4. The molecule has 5 amide bonds. The Labute approximate surface area is 541 Å². The number of ether oxygens (including phenoxy) is 1. The Bertz CT molecular complexity index is 3460. The number of fused-ring (bicyclic) bond motifs is 1. The summed E-state index contributed by atoms with van der Waals surface area (Å²) in [6.45, 7) is 0.0441. The lowest BCUT2D eigenvalue weighted by Gasteiger charge is -2.33. The Balaban J connectivity index is 1.10. The number of carboxylic acid groups (broad SMARTS) is 4. The lowest BCUT2D eigenvalue weighted by molar-refractivity contribution is -0.140. The van der Waals surface area contributed by atoms with Crippen LogP contribution in [0.2, 0.25) is 0 Å². The van der Waals surface area contributed by atoms with E-state index in [1.54, 1.807) is 42.2 Å². The van der Waals surface area contributed by atoms with E-state index in [-0.39, 0.29) is 118 Å². The van der Waals surface area contributed by atoms with Crippen molar-refractivity contribution in [1.29, 1.82) is 0 Å². The number of nitrogens with zero attached hydrogens (tertiary/aromatic N) is 6. The number of carboxylic acids is 4. The summed E-state index contributed by atoms with van der Waals surface area (Å²) in [5.41, 5.74) is 0.643. The van der Waals surface area contributed by atoms with E-state index >= 15 is 0 Å². The monoisotopic (exact) mass is 1390 g/mol. The molecule has 3 heterocycles. The first-order chi connectivity index (χ1) is 44.1. The van der Waals surface area contributed by atoms with Crippen LogP contribution in [0, 0.1) is 13.8 Å². The lowest BCUT2D eigenvalue weighted by Crippen LogP contribution is -2.58. The van der Waals surface area contributed by atoms with Gasteiger partial charge in [0, 0.05) is 116 Å². The van der Waals surface area contributed by atoms with Crippen molar-refractivity contribution in [2.24, 2.45) is 7.05 Å². The molecule has 522 valence electrons. The number of pyridine rings is 1. The molecule has 1 fully saturated rings. The third kappa shape index (κ3) is 26.0. The van der Waals surface area contributed by atoms with E-state index in [1.807, 2.05) is 0 Å². The van der Waals surface area contributed by atoms with E-state index in [0.717, 1.165) is 5.56 Å². The molecule has 0 bridgehead atoms. The van der Waals surface area contributed by atoms with Crippen LogP contribution in [0.3, 0.4) is 0 Å². The standard InChI is InChI=1S/C54H80N14O23S3/c1-33-21-36(22-34(2)49(33)94(89,90)63-39(53(81)82)25-59-50(78)38-26-64(3)42-23-35(6-7-37(42)48(38)77)24-60-54-57-10-11-58-54)91-20-4-5-43(69)55-8-9-56-51(79)40(31-92(83,84)85)62-52(80)41(32-93(86,87)88)61-44(70)27-65-12-14-66(28-45(71)72)16-18-68(30-47(75)76)19-17-67(15-13-65)29-46(73)74/h6-7,10-11,21-23,26,39-41,63,83-88H,4-5,8-9,12-20,24-25,27-32H2,1-3H3,(H,55,69)(H,56,79)(H,59,78)(H,61,70)(H,62,80)(H,71,72)(H,73,74)(H,75,76)(H,81,82)(H2,57,58,60)/t39?,40?,41-/m0/s1. The minimum atomic E-state index is -4.60. The third-order valence-corrected chi connectivity index (χ3v) is 17.6. The molecular weight excluding hydrogens is 1310 g/mol. The summed E-state index contributed by atoms with van der Waals surface area (Å²) < 4.78 is 96.4. The van der Waals surface area contributed by atoms with Gasteiger partial charge in [-0.15, -0.1) is 0 Å². The number of aliphatic carboxylic acids is 4. The normalized spacial score (nSPS) is 15.6. The van der Waals surface area contributed by atoms with Gasteiger partial charge in [-0.25, -0.2) is 13.4 Å². The van der Waals surface area contributed by atoms with Crippen molar-refractivity contribution in [3.8, 4) is 5.75 Å². The summed E-state index contributed by atoms with van der Waals surface area (Å²) in [4.78, 5) is 140. The molecule has 40 heteroatoms. The van der Waals surface area contributed by atoms with Crippen molar-refractivity contribution in [3.63, 3.8) is 0 Å². The number of hydrogen-bond acceptors (Lipinski definition) is 25. The van der Waals surface area contributed by atoms with E-state index in [4.69, 9.17) is 4.74 Å². The Morgan fingerprint density at radius 2 is 1.18 bits per heavy atom. The molecular formula is C54H80N14O23S3. The lowest BCUT2D eigenvalue weighted by atomic mass is 10.1. The van der Waals surface area contributed by atoms with E-state index in [1.165, 1.54) is 51.8 Å². The van der Waals surface area contributed by atoms with E-state index in [9.17, 15) is 104 Å². The van der Waals surface area contributed by atoms with E-state index in [2.05, 4.69) is 46.6 Å². The number of imidazole rings is 1. The average molecular weight is 1390 g/mol. The number of H-pyrrole nitrogens is 1. The number of carbonyl (C=O) groups excluding carboxylic acids is 5. The summed E-state index contributed by atoms with van der Waals surface area (Å²) in [6, 6.07) is 1.79. The van der Waals surface area contributed by atoms with E-state index in [0.29, 0.717) is 18.0 Å². The van der Waals surface area contributed by atoms with Crippen LogP contribution in [0.25, 0.3) is 10.9 Å². The average Bonchev–Trinajstić information content (AvgIpc) is 0.830. The zero-order chi connectivity index (χ0) is 69.7. The topological polar surface area (TPSA) is 547 Å². The smallest absolute Gasteiger partial charge is 0.323 e. The highest BCUT2D eigenvalue weighted by molar-refractivity contribution is 8.19. The van der Waals surface area contributed by atoms with Crippen molar-refractivity contribution < 1.29 is 104 Å². The second-order valence-corrected chi connectivity index (χ2v) is 26.7. The number of benzene rings is 2. The molecule has 0 saturated carbocycles. The fourth-order valence-electron chi connectivity index (χ4n) is 9.82. The van der Waals surface area contributed by atoms with Crippen molar-refractivity contribution in [2.75, 3.05) is 122 Å². The molecule has 1 saturated heterocycles. The molecule has 1 aliphatic rings. The van der Waals surface area contributed by atoms with Gasteiger partial charge in [0.25, 0.3) is 5.91 Å². The fourth-order valence-corrected chi connectivity index (χ4v) is 12.8. The second-order valence-electron chi connectivity index (χ2n) is 21.9. The van der Waals surface area contributed by atoms with Gasteiger partial charge >= 0.3 is 23.9 Å². The number of aromatic nitrogens is 3. The van der Waals surface area contributed by atoms with E-state index < -0.39 is 153 Å². The van der Waals surface area contributed by atoms with Crippen molar-refractivity contribution in [2.45, 2.75) is 56.3 Å². The van der Waals surface area contributed by atoms with Crippen molar-refractivity contribution in [3.05, 3.63) is 81.4 Å². The number of aromatic amines is 1. The van der Waals surface area contributed by atoms with Gasteiger partial charge in [0.2, 0.25) is 39.1 Å². The molecule has 2 aromatic carbocycles. The molecule has 0 radical (unpaired) electrons. The first-order valence-electron chi connectivity index (χ1n) is 28.8. The number of nitrogens with one attached hydrogen (secondary N) is 8. The number of carbonyl (C=O) groups is 9. The predicted octanol–water partition coefficient (Wildman–Crippen LogP) is -2.06. The first-order valence-corrected chi connectivity index (χ1v) is 33.7. The predicted molar refractivity (Wildman–Crippen MR) is 339 cm³/mol. The number of amides is 5. The largest absolute Gasteiger partial charge is 0.494 e. The third-order valence-electron chi connectivity index (χ3n) is 14.2. The summed E-state index contributed by atoms with van der Waals surface area (Å²) >= 11 is 0. The minimum absolute atomic E-state index is 0.00714. The summed E-state index contributed by atoms with van der Waals surface area (Å²) in [5.74, 6) is -12.0. The minimum Gasteiger partial charge on any atom is -0.494 e. The highest BCUT2D eigenvalue weighted by Gasteiger charge is 2.35. The Kier molecular flexibility index (Phi) is 28.9. The van der Waals surface area contributed by atoms with Crippen LogP contribution in [0.4, 0.5) is 5.95 Å². The molecule has 0 spiro atoms. The van der Waals surface area contributed by atoms with Crippen LogP contribution in [-0.4, -0.2) is 278 Å². The number of anilines is 1. The summed E-state index contributed by atoms with van der Waals surface area (Å²) in [5, 5.41) is 53.3. The highest BCUT2D eigenvalue weighted by Crippen LogP contribution is 2.35. The Morgan fingerprint density at radius 3 is 1.68 bits per heavy atom. The summed E-state index contributed by atoms with van der Waals surface area (Å²) in [6.07, 6.45) is 4.48. The first kappa shape index (κ1) is 76.6. The van der Waals surface area contributed by atoms with Crippen LogP contribution in [-0.2, 0) is 62.0 Å². The van der Waals surface area contributed by atoms with Gasteiger partial charge in [-0.3, -0.25) is 67.5 Å². The maximum atomic E-state index is 13.7. The van der Waals surface area contributed by atoms with Gasteiger partial charge in [-0.1, -0.05) is 6.07 Å². The Morgan fingerprint density at radius 1 is 0.660 bits per heavy atom. The molecule has 2 aromatic heterocycles. The molecule has 0 aliphatic carbocycles. The molecule has 4 aromatic rings. The number of sulfonamides is 1. The van der Waals surface area contributed by atoms with Crippen molar-refractivity contribution >= 4 is 102 Å². The fraction of sp³-hybridized carbons (Fsp3) is 0.500. The Hall–Kier alpha value is -8.10. The van der Waals surface area contributed by atoms with Crippen LogP contribution < -0.4 is 46.8 Å². The van der Waals surface area contributed by atoms with Gasteiger partial charge in [0.05, 0.1) is 76.4 Å². The molecule has 2 unspecified atom stereocenters. The molecule has 37 nitrogen and oxygen atoms in total. The molecule has 5 rings (SSSR count). The number of rotatable bonds is 34. The maximum absolute atomic E-state index is 13.7. The second kappa shape index (κ2) is 35.4. The van der Waals surface area contributed by atoms with Gasteiger partial charge in [0.1, 0.15) is 29.4 Å². The molecule has 1 aliphatic heterocycles. The van der Waals surface area contributed by atoms with Gasteiger partial charge in [0.15, 0.2) is 5.95 Å². The van der Waals surface area contributed by atoms with Crippen LogP contribution in [0.1, 0.15) is 39.9 Å². The van der Waals surface area contributed by atoms with Crippen LogP contribution >= 0.6 is 21.7 Å². The van der Waals surface area contributed by atoms with Gasteiger partial charge in [-0.2, -0.15) is 4.72 Å². The molecule has 3 atom stereocenters. The highest BCUT2D eigenvalue weighted by atomic mass is 32.3. The van der Waals surface area contributed by atoms with Crippen molar-refractivity contribution in [1.82, 2.24) is 65.4 Å². The van der Waals surface area contributed by atoms with Gasteiger partial charge in [-0.05, 0) is 61.2 Å². The maximum Gasteiger partial charge on any atom is 0.323 e. The number of hydrogen-bond donors (Lipinski definition) is 18. The van der Waals surface area contributed by atoms with Gasteiger partial charge < -0.3 is 93.9 Å². The van der Waals surface area contributed by atoms with Crippen LogP contribution in [0.15, 0.2) is 58.6 Å². The quantitative estimate of drug-likeness (QED) is 0.0224. The SMILES string of the molecule is Cc1cc(OCCCC(=O)NCCNC(=O)C(CS(O)(O)O)NC(=O)[C@H](CS(O)(O)O)NC(=O)CN2CCN(CC(=O)O)CCN(CC(=O)O)CCN(CC(=O)O)CC2)cc(C)c1S(=O)(=O)NC(CNC(=O)c1cn(C)c2cc(CNc3ncc[nH]3)ccc2c1=O)C(=O)O. The summed E-state index contributed by atoms with van der Waals surface area (Å²) in [7, 11) is -12.1. The molecule has 18 N–H and O–H groups in total. The van der Waals surface area contributed by atoms with Crippen LogP contribution in [0.5, 0.6) is 5.75 Å². The molecule has 94 heavy (non-hydrogen) atoms. The zero-order valence-corrected chi connectivity index (χ0v) is 53.8.